The van der Waals surface area contributed by atoms with Crippen LogP contribution < -0.4 is 14.4 Å². The first-order chi connectivity index (χ1) is 11.2. The lowest BCUT2D eigenvalue weighted by Gasteiger charge is -2.43. The summed E-state index contributed by atoms with van der Waals surface area (Å²) in [6.45, 7) is 0.770. The average molecular weight is 313 g/mol. The highest BCUT2D eigenvalue weighted by atomic mass is 16.5. The first kappa shape index (κ1) is 15.4. The van der Waals surface area contributed by atoms with Gasteiger partial charge in [-0.3, -0.25) is 0 Å². The van der Waals surface area contributed by atoms with Crippen LogP contribution in [0, 0.1) is 28.1 Å². The highest BCUT2D eigenvalue weighted by Crippen LogP contribution is 2.46. The predicted molar refractivity (Wildman–Crippen MR) is 82.1 cm³/mol. The van der Waals surface area contributed by atoms with Gasteiger partial charge in [0.1, 0.15) is 5.82 Å². The molecule has 1 atom stereocenters. The van der Waals surface area contributed by atoms with E-state index in [2.05, 4.69) is 27.0 Å². The largest absolute Gasteiger partial charge is 0.481 e. The summed E-state index contributed by atoms with van der Waals surface area (Å²) in [6.07, 6.45) is 4.21. The number of rotatable bonds is 2. The average Bonchev–Trinajstić information content (AvgIpc) is 2.86. The van der Waals surface area contributed by atoms with Gasteiger partial charge in [0.05, 0.1) is 38.0 Å². The molecule has 3 heterocycles. The van der Waals surface area contributed by atoms with Gasteiger partial charge in [-0.1, -0.05) is 12.8 Å². The second kappa shape index (κ2) is 5.92. The maximum absolute atomic E-state index is 9.76. The lowest BCUT2D eigenvalue weighted by Crippen LogP contribution is -2.52. The monoisotopic (exact) mass is 313 g/mol. The molecule has 7 heteroatoms. The van der Waals surface area contributed by atoms with Gasteiger partial charge in [0.15, 0.2) is 5.41 Å². The Morgan fingerprint density at radius 1 is 1.13 bits per heavy atom. The van der Waals surface area contributed by atoms with Crippen molar-refractivity contribution >= 4 is 5.82 Å². The van der Waals surface area contributed by atoms with Crippen LogP contribution in [0.2, 0.25) is 0 Å². The van der Waals surface area contributed by atoms with Crippen molar-refractivity contribution in [2.45, 2.75) is 38.1 Å². The van der Waals surface area contributed by atoms with E-state index in [0.717, 1.165) is 43.6 Å². The van der Waals surface area contributed by atoms with Gasteiger partial charge in [-0.15, -0.1) is 0 Å². The van der Waals surface area contributed by atoms with Crippen LogP contribution in [0.1, 0.15) is 31.2 Å². The molecule has 23 heavy (non-hydrogen) atoms. The minimum absolute atomic E-state index is 0.156. The standard InChI is InChI=1S/C16H19N5O2/c1-22-14-11-8-16(9-17,10-18)12-6-4-3-5-7-21(12)13(11)19-15(20-14)23-2/h12H,3-8H2,1-2H3. The number of aromatic nitrogens is 2. The SMILES string of the molecule is COc1nc(OC)c2c(n1)N1CCCCCC1C(C#N)(C#N)C2. The molecule has 2 aliphatic rings. The van der Waals surface area contributed by atoms with Crippen molar-refractivity contribution in [1.29, 1.82) is 10.5 Å². The van der Waals surface area contributed by atoms with E-state index in [4.69, 9.17) is 9.47 Å². The van der Waals surface area contributed by atoms with Crippen molar-refractivity contribution in [2.75, 3.05) is 25.7 Å². The van der Waals surface area contributed by atoms with Crippen molar-refractivity contribution in [3.05, 3.63) is 5.56 Å². The van der Waals surface area contributed by atoms with E-state index in [-0.39, 0.29) is 18.5 Å². The predicted octanol–water partition coefficient (Wildman–Crippen LogP) is 1.83. The van der Waals surface area contributed by atoms with Crippen LogP contribution in [0.3, 0.4) is 0 Å². The zero-order valence-electron chi connectivity index (χ0n) is 13.4. The van der Waals surface area contributed by atoms with E-state index in [1.807, 2.05) is 0 Å². The second-order valence-electron chi connectivity index (χ2n) is 5.95. The quantitative estimate of drug-likeness (QED) is 0.822. The lowest BCUT2D eigenvalue weighted by atomic mass is 9.73. The minimum Gasteiger partial charge on any atom is -0.481 e. The highest BCUT2D eigenvalue weighted by molar-refractivity contribution is 5.59. The Balaban J connectivity index is 2.21. The van der Waals surface area contributed by atoms with Crippen molar-refractivity contribution in [3.8, 4) is 24.0 Å². The molecule has 120 valence electrons. The molecule has 0 radical (unpaired) electrons. The number of nitrogens with zero attached hydrogens (tertiary/aromatic N) is 5. The molecule has 1 aromatic heterocycles. The summed E-state index contributed by atoms with van der Waals surface area (Å²) in [5.41, 5.74) is -0.377. The third-order valence-electron chi connectivity index (χ3n) is 4.75. The molecule has 2 aliphatic heterocycles. The van der Waals surface area contributed by atoms with Crippen LogP contribution in [0.25, 0.3) is 0 Å². The number of ether oxygens (including phenoxy) is 2. The van der Waals surface area contributed by atoms with E-state index in [9.17, 15) is 10.5 Å². The van der Waals surface area contributed by atoms with E-state index in [0.29, 0.717) is 5.88 Å². The second-order valence-corrected chi connectivity index (χ2v) is 5.95. The molecular weight excluding hydrogens is 294 g/mol. The van der Waals surface area contributed by atoms with Gasteiger partial charge in [-0.05, 0) is 12.8 Å². The first-order valence-electron chi connectivity index (χ1n) is 7.77. The van der Waals surface area contributed by atoms with Crippen LogP contribution in [-0.4, -0.2) is 36.8 Å². The molecule has 0 bridgehead atoms. The van der Waals surface area contributed by atoms with Crippen molar-refractivity contribution < 1.29 is 9.47 Å². The van der Waals surface area contributed by atoms with Crippen LogP contribution in [0.5, 0.6) is 11.9 Å². The fourth-order valence-corrected chi connectivity index (χ4v) is 3.61. The van der Waals surface area contributed by atoms with Gasteiger partial charge in [-0.2, -0.15) is 20.5 Å². The summed E-state index contributed by atoms with van der Waals surface area (Å²) in [7, 11) is 3.04. The summed E-state index contributed by atoms with van der Waals surface area (Å²) >= 11 is 0. The van der Waals surface area contributed by atoms with Gasteiger partial charge in [0, 0.05) is 13.0 Å². The Hall–Kier alpha value is -2.54. The third kappa shape index (κ3) is 2.33. The van der Waals surface area contributed by atoms with Gasteiger partial charge < -0.3 is 14.4 Å². The molecule has 1 saturated heterocycles. The molecular formula is C16H19N5O2. The Morgan fingerprint density at radius 2 is 1.91 bits per heavy atom. The van der Waals surface area contributed by atoms with Crippen molar-refractivity contribution in [2.24, 2.45) is 5.41 Å². The molecule has 1 unspecified atom stereocenters. The molecule has 7 nitrogen and oxygen atoms in total. The van der Waals surface area contributed by atoms with Gasteiger partial charge in [0.2, 0.25) is 5.88 Å². The van der Waals surface area contributed by atoms with Gasteiger partial charge in [-0.25, -0.2) is 0 Å². The van der Waals surface area contributed by atoms with Gasteiger partial charge >= 0.3 is 6.01 Å². The maximum Gasteiger partial charge on any atom is 0.321 e. The highest BCUT2D eigenvalue weighted by Gasteiger charge is 2.50. The van der Waals surface area contributed by atoms with E-state index < -0.39 is 5.41 Å². The van der Waals surface area contributed by atoms with Crippen LogP contribution in [0.15, 0.2) is 0 Å². The van der Waals surface area contributed by atoms with Crippen molar-refractivity contribution in [3.63, 3.8) is 0 Å². The molecule has 1 aromatic rings. The van der Waals surface area contributed by atoms with Crippen molar-refractivity contribution in [1.82, 2.24) is 9.97 Å². The maximum atomic E-state index is 9.76. The minimum atomic E-state index is -1.09. The summed E-state index contributed by atoms with van der Waals surface area (Å²) in [5, 5.41) is 19.5. The molecule has 0 aromatic carbocycles. The lowest BCUT2D eigenvalue weighted by molar-refractivity contribution is 0.315. The number of hydrogen-bond donors (Lipinski definition) is 0. The first-order valence-corrected chi connectivity index (χ1v) is 7.77. The Kier molecular flexibility index (Phi) is 3.96. The number of fused-ring (bicyclic) bond motifs is 3. The third-order valence-corrected chi connectivity index (χ3v) is 4.75. The fraction of sp³-hybridized carbons (Fsp3) is 0.625. The Bertz CT molecular complexity index is 677. The summed E-state index contributed by atoms with van der Waals surface area (Å²) in [6, 6.07) is 4.62. The van der Waals surface area contributed by atoms with E-state index >= 15 is 0 Å². The Labute approximate surface area is 135 Å². The summed E-state index contributed by atoms with van der Waals surface area (Å²) in [5.74, 6) is 1.12. The smallest absolute Gasteiger partial charge is 0.321 e. The number of nitriles is 2. The molecule has 1 fully saturated rings. The molecule has 0 saturated carbocycles. The molecule has 0 N–H and O–H groups in total. The van der Waals surface area contributed by atoms with Gasteiger partial charge in [0.25, 0.3) is 0 Å². The number of hydrogen-bond acceptors (Lipinski definition) is 7. The Morgan fingerprint density at radius 3 is 2.57 bits per heavy atom. The number of anilines is 1. The molecule has 0 aliphatic carbocycles. The normalized spacial score (nSPS) is 21.9. The molecule has 3 rings (SSSR count). The summed E-state index contributed by atoms with van der Waals surface area (Å²) < 4.78 is 10.6. The van der Waals surface area contributed by atoms with Crippen LogP contribution in [0.4, 0.5) is 5.82 Å². The topological polar surface area (TPSA) is 95.1 Å². The van der Waals surface area contributed by atoms with E-state index in [1.54, 1.807) is 0 Å². The molecule has 0 spiro atoms. The van der Waals surface area contributed by atoms with Crippen LogP contribution >= 0.6 is 0 Å². The zero-order valence-corrected chi connectivity index (χ0v) is 13.4. The fourth-order valence-electron chi connectivity index (χ4n) is 3.61. The van der Waals surface area contributed by atoms with E-state index in [1.165, 1.54) is 14.2 Å². The van der Waals surface area contributed by atoms with Crippen LogP contribution in [-0.2, 0) is 6.42 Å². The molecule has 0 amide bonds. The number of methoxy groups -OCH3 is 2. The summed E-state index contributed by atoms with van der Waals surface area (Å²) in [4.78, 5) is 10.8. The zero-order chi connectivity index (χ0) is 16.4.